The molecule has 0 saturated carbocycles. The Labute approximate surface area is 92.5 Å². The van der Waals surface area contributed by atoms with E-state index < -0.39 is 6.10 Å². The summed E-state index contributed by atoms with van der Waals surface area (Å²) in [5, 5.41) is 10.4. The summed E-state index contributed by atoms with van der Waals surface area (Å²) >= 11 is 11.5. The fourth-order valence-electron chi connectivity index (χ4n) is 1.11. The number of benzene rings is 1. The molecule has 0 aliphatic rings. The molecular formula is C10H10Cl2O2. The van der Waals surface area contributed by atoms with Crippen LogP contribution in [-0.4, -0.2) is 10.9 Å². The Morgan fingerprint density at radius 2 is 2.07 bits per heavy atom. The largest absolute Gasteiger partial charge is 0.388 e. The minimum Gasteiger partial charge on any atom is -0.388 e. The zero-order valence-corrected chi connectivity index (χ0v) is 9.14. The number of rotatable bonds is 3. The normalized spacial score (nSPS) is 12.6. The molecule has 14 heavy (non-hydrogen) atoms. The molecule has 1 aromatic rings. The average Bonchev–Trinajstić information content (AvgIpc) is 2.08. The molecule has 0 aliphatic carbocycles. The van der Waals surface area contributed by atoms with Gasteiger partial charge in [0.2, 0.25) is 0 Å². The van der Waals surface area contributed by atoms with Gasteiger partial charge < -0.3 is 5.11 Å². The number of aliphatic hydroxyl groups excluding tert-OH is 1. The average molecular weight is 233 g/mol. The van der Waals surface area contributed by atoms with Gasteiger partial charge in [-0.05, 0) is 24.6 Å². The van der Waals surface area contributed by atoms with E-state index in [0.29, 0.717) is 15.6 Å². The van der Waals surface area contributed by atoms with Crippen LogP contribution < -0.4 is 0 Å². The summed E-state index contributed by atoms with van der Waals surface area (Å²) in [7, 11) is 0. The predicted octanol–water partition coefficient (Wildman–Crippen LogP) is 3.01. The maximum Gasteiger partial charge on any atom is 0.132 e. The van der Waals surface area contributed by atoms with Gasteiger partial charge in [0.15, 0.2) is 0 Å². The number of carbonyl (C=O) groups excluding carboxylic acids is 1. The highest BCUT2D eigenvalue weighted by atomic mass is 35.5. The molecule has 0 amide bonds. The quantitative estimate of drug-likeness (QED) is 0.871. The third-order valence-electron chi connectivity index (χ3n) is 1.81. The Bertz CT molecular complexity index is 350. The minimum absolute atomic E-state index is 0.0661. The molecule has 1 aromatic carbocycles. The molecular weight excluding hydrogens is 223 g/mol. The van der Waals surface area contributed by atoms with Crippen LogP contribution in [0.25, 0.3) is 0 Å². The summed E-state index contributed by atoms with van der Waals surface area (Å²) in [5.41, 5.74) is 0.606. The van der Waals surface area contributed by atoms with E-state index in [4.69, 9.17) is 23.2 Å². The number of halogens is 2. The second kappa shape index (κ2) is 4.78. The molecule has 76 valence electrons. The van der Waals surface area contributed by atoms with Crippen molar-refractivity contribution in [3.05, 3.63) is 33.8 Å². The van der Waals surface area contributed by atoms with Crippen LogP contribution in [-0.2, 0) is 4.79 Å². The van der Waals surface area contributed by atoms with E-state index in [1.165, 1.54) is 6.92 Å². The molecule has 0 bridgehead atoms. The first-order chi connectivity index (χ1) is 6.50. The van der Waals surface area contributed by atoms with Crippen molar-refractivity contribution in [3.63, 3.8) is 0 Å². The van der Waals surface area contributed by atoms with Crippen molar-refractivity contribution in [1.29, 1.82) is 0 Å². The maximum absolute atomic E-state index is 10.8. The van der Waals surface area contributed by atoms with Crippen molar-refractivity contribution in [3.8, 4) is 0 Å². The molecule has 1 rings (SSSR count). The highest BCUT2D eigenvalue weighted by Gasteiger charge is 2.11. The van der Waals surface area contributed by atoms with E-state index in [9.17, 15) is 9.90 Å². The zero-order valence-electron chi connectivity index (χ0n) is 7.63. The Hall–Kier alpha value is -0.570. The van der Waals surface area contributed by atoms with E-state index in [1.54, 1.807) is 18.2 Å². The van der Waals surface area contributed by atoms with Gasteiger partial charge in [0.05, 0.1) is 16.1 Å². The molecule has 4 heteroatoms. The molecule has 1 N–H and O–H groups in total. The molecule has 2 nitrogen and oxygen atoms in total. The van der Waals surface area contributed by atoms with E-state index in [1.807, 2.05) is 0 Å². The minimum atomic E-state index is -0.803. The lowest BCUT2D eigenvalue weighted by Gasteiger charge is -2.09. The molecule has 0 fully saturated rings. The van der Waals surface area contributed by atoms with E-state index in [0.717, 1.165) is 0 Å². The number of hydrogen-bond acceptors (Lipinski definition) is 2. The first-order valence-electron chi connectivity index (χ1n) is 4.13. The highest BCUT2D eigenvalue weighted by Crippen LogP contribution is 2.26. The van der Waals surface area contributed by atoms with Gasteiger partial charge >= 0.3 is 0 Å². The van der Waals surface area contributed by atoms with Crippen LogP contribution in [0.2, 0.25) is 10.0 Å². The van der Waals surface area contributed by atoms with Gasteiger partial charge in [0.25, 0.3) is 0 Å². The van der Waals surface area contributed by atoms with Crippen molar-refractivity contribution >= 4 is 29.0 Å². The second-order valence-corrected chi connectivity index (χ2v) is 3.91. The number of carbonyl (C=O) groups is 1. The summed E-state index contributed by atoms with van der Waals surface area (Å²) < 4.78 is 0. The Morgan fingerprint density at radius 1 is 1.43 bits per heavy atom. The van der Waals surface area contributed by atoms with Crippen LogP contribution >= 0.6 is 23.2 Å². The number of Topliss-reactive ketones (excluding diaryl/α,β-unsaturated/α-hetero) is 1. The summed E-state index contributed by atoms with van der Waals surface area (Å²) in [6, 6.07) is 4.82. The molecule has 0 saturated heterocycles. The van der Waals surface area contributed by atoms with Gasteiger partial charge in [-0.25, -0.2) is 0 Å². The SMILES string of the molecule is CC(=O)C[C@@H](O)c1ccc(Cl)c(Cl)c1. The number of ketones is 1. The van der Waals surface area contributed by atoms with Crippen molar-refractivity contribution in [2.75, 3.05) is 0 Å². The van der Waals surface area contributed by atoms with Gasteiger partial charge in [-0.3, -0.25) is 4.79 Å². The van der Waals surface area contributed by atoms with Crippen LogP contribution in [0.3, 0.4) is 0 Å². The van der Waals surface area contributed by atoms with Gasteiger partial charge in [-0.1, -0.05) is 29.3 Å². The smallest absolute Gasteiger partial charge is 0.132 e. The molecule has 0 unspecified atom stereocenters. The van der Waals surface area contributed by atoms with Crippen LogP contribution in [0, 0.1) is 0 Å². The molecule has 0 aromatic heterocycles. The van der Waals surface area contributed by atoms with Gasteiger partial charge in [0.1, 0.15) is 5.78 Å². The molecule has 0 aliphatic heterocycles. The number of hydrogen-bond donors (Lipinski definition) is 1. The van der Waals surface area contributed by atoms with Crippen LogP contribution in [0.4, 0.5) is 0 Å². The van der Waals surface area contributed by atoms with E-state index in [-0.39, 0.29) is 12.2 Å². The second-order valence-electron chi connectivity index (χ2n) is 3.10. The molecule has 1 atom stereocenters. The molecule has 0 spiro atoms. The summed E-state index contributed by atoms with van der Waals surface area (Å²) in [6.07, 6.45) is -0.708. The zero-order chi connectivity index (χ0) is 10.7. The van der Waals surface area contributed by atoms with Crippen molar-refractivity contribution in [2.45, 2.75) is 19.4 Å². The maximum atomic E-state index is 10.8. The van der Waals surface area contributed by atoms with Crippen molar-refractivity contribution in [2.24, 2.45) is 0 Å². The van der Waals surface area contributed by atoms with Crippen molar-refractivity contribution in [1.82, 2.24) is 0 Å². The van der Waals surface area contributed by atoms with Gasteiger partial charge in [0, 0.05) is 6.42 Å². The Balaban J connectivity index is 2.85. The highest BCUT2D eigenvalue weighted by molar-refractivity contribution is 6.42. The first-order valence-corrected chi connectivity index (χ1v) is 4.88. The first kappa shape index (κ1) is 11.5. The lowest BCUT2D eigenvalue weighted by atomic mass is 10.1. The van der Waals surface area contributed by atoms with E-state index in [2.05, 4.69) is 0 Å². The fourth-order valence-corrected chi connectivity index (χ4v) is 1.42. The van der Waals surface area contributed by atoms with Crippen LogP contribution in [0.1, 0.15) is 25.0 Å². The molecule has 0 heterocycles. The van der Waals surface area contributed by atoms with Crippen LogP contribution in [0.15, 0.2) is 18.2 Å². The Morgan fingerprint density at radius 3 is 2.57 bits per heavy atom. The lowest BCUT2D eigenvalue weighted by molar-refractivity contribution is -0.118. The third-order valence-corrected chi connectivity index (χ3v) is 2.55. The fraction of sp³-hybridized carbons (Fsp3) is 0.300. The monoisotopic (exact) mass is 232 g/mol. The standard InChI is InChI=1S/C10H10Cl2O2/c1-6(13)4-10(14)7-2-3-8(11)9(12)5-7/h2-3,5,10,14H,4H2,1H3/t10-/m1/s1. The molecule has 0 radical (unpaired) electrons. The van der Waals surface area contributed by atoms with Crippen LogP contribution in [0.5, 0.6) is 0 Å². The lowest BCUT2D eigenvalue weighted by Crippen LogP contribution is -2.03. The predicted molar refractivity (Wildman–Crippen MR) is 56.7 cm³/mol. The third kappa shape index (κ3) is 2.98. The summed E-state index contributed by atoms with van der Waals surface area (Å²) in [5.74, 6) is -0.0661. The number of aliphatic hydroxyl groups is 1. The van der Waals surface area contributed by atoms with Gasteiger partial charge in [-0.15, -0.1) is 0 Å². The summed E-state index contributed by atoms with van der Waals surface area (Å²) in [6.45, 7) is 1.43. The Kier molecular flexibility index (Phi) is 3.93. The van der Waals surface area contributed by atoms with Gasteiger partial charge in [-0.2, -0.15) is 0 Å². The topological polar surface area (TPSA) is 37.3 Å². The van der Waals surface area contributed by atoms with E-state index >= 15 is 0 Å². The summed E-state index contributed by atoms with van der Waals surface area (Å²) in [4.78, 5) is 10.8. The van der Waals surface area contributed by atoms with Crippen molar-refractivity contribution < 1.29 is 9.90 Å².